The van der Waals surface area contributed by atoms with E-state index < -0.39 is 15.9 Å². The third-order valence-corrected chi connectivity index (χ3v) is 6.05. The van der Waals surface area contributed by atoms with Crippen molar-refractivity contribution in [1.82, 2.24) is 5.32 Å². The molecule has 0 bridgehead atoms. The number of amides is 2. The predicted molar refractivity (Wildman–Crippen MR) is 126 cm³/mol. The van der Waals surface area contributed by atoms with E-state index in [0.29, 0.717) is 11.3 Å². The quantitative estimate of drug-likeness (QED) is 0.452. The van der Waals surface area contributed by atoms with Crippen molar-refractivity contribution >= 4 is 50.9 Å². The minimum atomic E-state index is -3.90. The van der Waals surface area contributed by atoms with E-state index in [1.54, 1.807) is 67.7 Å². The summed E-state index contributed by atoms with van der Waals surface area (Å²) in [4.78, 5) is 23.8. The minimum absolute atomic E-state index is 0.0241. The zero-order valence-corrected chi connectivity index (χ0v) is 18.6. The molecule has 0 saturated carbocycles. The van der Waals surface area contributed by atoms with Crippen molar-refractivity contribution in [2.24, 2.45) is 0 Å². The minimum Gasteiger partial charge on any atom is -0.355 e. The Labute approximate surface area is 191 Å². The average molecular weight is 470 g/mol. The second-order valence-corrected chi connectivity index (χ2v) is 8.73. The van der Waals surface area contributed by atoms with E-state index >= 15 is 0 Å². The summed E-state index contributed by atoms with van der Waals surface area (Å²) in [6.07, 6.45) is 2.90. The molecule has 0 aliphatic rings. The molecule has 7 nitrogen and oxygen atoms in total. The molecule has 164 valence electrons. The number of hydrogen-bond acceptors (Lipinski definition) is 4. The fraction of sp³-hybridized carbons (Fsp3) is 0.0435. The summed E-state index contributed by atoms with van der Waals surface area (Å²) in [7, 11) is -2.35. The third-order valence-electron chi connectivity index (χ3n) is 4.36. The van der Waals surface area contributed by atoms with Gasteiger partial charge >= 0.3 is 0 Å². The van der Waals surface area contributed by atoms with E-state index in [1.807, 2.05) is 0 Å². The van der Waals surface area contributed by atoms with E-state index in [-0.39, 0.29) is 21.5 Å². The molecule has 0 atom stereocenters. The molecule has 3 rings (SSSR count). The highest BCUT2D eigenvalue weighted by Crippen LogP contribution is 2.25. The van der Waals surface area contributed by atoms with Crippen LogP contribution in [-0.2, 0) is 14.8 Å². The summed E-state index contributed by atoms with van der Waals surface area (Å²) in [5, 5.41) is 5.44. The fourth-order valence-corrected chi connectivity index (χ4v) is 4.10. The highest BCUT2D eigenvalue weighted by Gasteiger charge is 2.16. The number of para-hydroxylation sites is 1. The maximum absolute atomic E-state index is 12.7. The maximum atomic E-state index is 12.7. The van der Waals surface area contributed by atoms with E-state index in [2.05, 4.69) is 15.4 Å². The second-order valence-electron chi connectivity index (χ2n) is 6.64. The van der Waals surface area contributed by atoms with Crippen LogP contribution in [-0.4, -0.2) is 27.3 Å². The van der Waals surface area contributed by atoms with Crippen LogP contribution in [0.15, 0.2) is 83.8 Å². The zero-order valence-electron chi connectivity index (χ0n) is 17.0. The number of rotatable bonds is 7. The molecular formula is C23H20ClN3O4S. The summed E-state index contributed by atoms with van der Waals surface area (Å²) < 4.78 is 27.8. The van der Waals surface area contributed by atoms with Crippen molar-refractivity contribution in [3.05, 3.63) is 95.0 Å². The Hall–Kier alpha value is -3.62. The third kappa shape index (κ3) is 5.96. The summed E-state index contributed by atoms with van der Waals surface area (Å²) in [5.74, 6) is -0.633. The van der Waals surface area contributed by atoms with Gasteiger partial charge in [-0.05, 0) is 54.1 Å². The first kappa shape index (κ1) is 23.1. The molecule has 0 unspecified atom stereocenters. The van der Waals surface area contributed by atoms with Crippen molar-refractivity contribution in [1.29, 1.82) is 0 Å². The zero-order chi connectivity index (χ0) is 23.1. The molecule has 0 saturated heterocycles. The molecule has 0 spiro atoms. The van der Waals surface area contributed by atoms with Crippen LogP contribution in [0.25, 0.3) is 6.08 Å². The number of anilines is 2. The number of nitrogens with one attached hydrogen (secondary N) is 3. The normalized spacial score (nSPS) is 11.2. The molecule has 9 heteroatoms. The van der Waals surface area contributed by atoms with E-state index in [1.165, 1.54) is 24.3 Å². The maximum Gasteiger partial charge on any atom is 0.262 e. The van der Waals surface area contributed by atoms with E-state index in [4.69, 9.17) is 11.6 Å². The Kier molecular flexibility index (Phi) is 7.29. The molecule has 0 radical (unpaired) electrons. The number of hydrogen-bond donors (Lipinski definition) is 3. The summed E-state index contributed by atoms with van der Waals surface area (Å²) in [6, 6.07) is 19.1. The van der Waals surface area contributed by atoms with Crippen molar-refractivity contribution in [2.75, 3.05) is 17.1 Å². The average Bonchev–Trinajstić information content (AvgIpc) is 2.79. The molecule has 0 heterocycles. The lowest BCUT2D eigenvalue weighted by atomic mass is 10.1. The Morgan fingerprint density at radius 1 is 0.938 bits per heavy atom. The largest absolute Gasteiger partial charge is 0.355 e. The lowest BCUT2D eigenvalue weighted by Gasteiger charge is -2.11. The number of benzene rings is 3. The van der Waals surface area contributed by atoms with Crippen LogP contribution in [0.5, 0.6) is 0 Å². The Morgan fingerprint density at radius 2 is 1.66 bits per heavy atom. The lowest BCUT2D eigenvalue weighted by molar-refractivity contribution is -0.111. The molecule has 3 N–H and O–H groups in total. The number of carbonyl (C=O) groups excluding carboxylic acids is 2. The monoisotopic (exact) mass is 469 g/mol. The molecule has 3 aromatic carbocycles. The van der Waals surface area contributed by atoms with Crippen LogP contribution in [0.1, 0.15) is 15.9 Å². The smallest absolute Gasteiger partial charge is 0.262 e. The summed E-state index contributed by atoms with van der Waals surface area (Å²) in [5.41, 5.74) is 1.82. The number of carbonyl (C=O) groups is 2. The number of halogens is 1. The predicted octanol–water partition coefficient (Wildman–Crippen LogP) is 4.15. The van der Waals surface area contributed by atoms with Crippen molar-refractivity contribution in [3.8, 4) is 0 Å². The molecule has 0 fully saturated rings. The summed E-state index contributed by atoms with van der Waals surface area (Å²) >= 11 is 6.02. The Morgan fingerprint density at radius 3 is 2.34 bits per heavy atom. The van der Waals surface area contributed by atoms with Crippen LogP contribution in [0.3, 0.4) is 0 Å². The topological polar surface area (TPSA) is 104 Å². The van der Waals surface area contributed by atoms with Crippen LogP contribution < -0.4 is 15.4 Å². The van der Waals surface area contributed by atoms with Gasteiger partial charge in [0.15, 0.2) is 0 Å². The SMILES string of the molecule is CNC(=O)c1ccc(/C=C/C(=O)Nc2cccc(S(=O)(=O)Nc3ccccc3Cl)c2)cc1. The molecule has 3 aromatic rings. The van der Waals surface area contributed by atoms with Gasteiger partial charge in [-0.2, -0.15) is 0 Å². The van der Waals surface area contributed by atoms with Crippen molar-refractivity contribution in [3.63, 3.8) is 0 Å². The number of sulfonamides is 1. The van der Waals surface area contributed by atoms with Crippen LogP contribution in [0.2, 0.25) is 5.02 Å². The van der Waals surface area contributed by atoms with Gasteiger partial charge in [-0.3, -0.25) is 14.3 Å². The Balaban J connectivity index is 1.68. The lowest BCUT2D eigenvalue weighted by Crippen LogP contribution is -2.17. The Bertz CT molecular complexity index is 1270. The highest BCUT2D eigenvalue weighted by molar-refractivity contribution is 7.92. The van der Waals surface area contributed by atoms with E-state index in [9.17, 15) is 18.0 Å². The van der Waals surface area contributed by atoms with Gasteiger partial charge in [0.25, 0.3) is 15.9 Å². The van der Waals surface area contributed by atoms with Crippen LogP contribution in [0.4, 0.5) is 11.4 Å². The summed E-state index contributed by atoms with van der Waals surface area (Å²) in [6.45, 7) is 0. The standard InChI is InChI=1S/C23H20ClN3O4S/c1-25-23(29)17-12-9-16(10-13-17)11-14-22(28)26-18-5-4-6-19(15-18)32(30,31)27-21-8-3-2-7-20(21)24/h2-15,27H,1H3,(H,25,29)(H,26,28)/b14-11+. The molecule has 0 aromatic heterocycles. The molecular weight excluding hydrogens is 450 g/mol. The fourth-order valence-electron chi connectivity index (χ4n) is 2.73. The van der Waals surface area contributed by atoms with Gasteiger partial charge < -0.3 is 10.6 Å². The van der Waals surface area contributed by atoms with E-state index in [0.717, 1.165) is 5.56 Å². The first-order chi connectivity index (χ1) is 15.3. The van der Waals surface area contributed by atoms with Gasteiger partial charge in [0.1, 0.15) is 0 Å². The molecule has 0 aliphatic heterocycles. The first-order valence-electron chi connectivity index (χ1n) is 9.47. The van der Waals surface area contributed by atoms with Gasteiger partial charge in [0.05, 0.1) is 15.6 Å². The van der Waals surface area contributed by atoms with Gasteiger partial charge in [0, 0.05) is 24.4 Å². The van der Waals surface area contributed by atoms with Crippen molar-refractivity contribution in [2.45, 2.75) is 4.90 Å². The van der Waals surface area contributed by atoms with Gasteiger partial charge in [0.2, 0.25) is 5.91 Å². The van der Waals surface area contributed by atoms with Crippen LogP contribution in [0, 0.1) is 0 Å². The highest BCUT2D eigenvalue weighted by atomic mass is 35.5. The second kappa shape index (κ2) is 10.1. The van der Waals surface area contributed by atoms with Crippen molar-refractivity contribution < 1.29 is 18.0 Å². The van der Waals surface area contributed by atoms with Gasteiger partial charge in [-0.15, -0.1) is 0 Å². The molecule has 2 amide bonds. The molecule has 32 heavy (non-hydrogen) atoms. The van der Waals surface area contributed by atoms with Gasteiger partial charge in [-0.25, -0.2) is 8.42 Å². The first-order valence-corrected chi connectivity index (χ1v) is 11.3. The molecule has 0 aliphatic carbocycles. The van der Waals surface area contributed by atoms with Crippen LogP contribution >= 0.6 is 11.6 Å². The van der Waals surface area contributed by atoms with Gasteiger partial charge in [-0.1, -0.05) is 41.9 Å².